The molecule has 28 heavy (non-hydrogen) atoms. The lowest BCUT2D eigenvalue weighted by Crippen LogP contribution is -2.41. The Morgan fingerprint density at radius 2 is 1.89 bits per heavy atom. The molecule has 3 N–H and O–H groups in total. The Balaban J connectivity index is 0.00000392. The van der Waals surface area contributed by atoms with E-state index in [0.29, 0.717) is 24.5 Å². The normalized spacial score (nSPS) is 12.4. The number of nitrogens with one attached hydrogen (secondary N) is 1. The fraction of sp³-hybridized carbons (Fsp3) is 0.381. The summed E-state index contributed by atoms with van der Waals surface area (Å²) in [6.07, 6.45) is 2.66. The van der Waals surface area contributed by atoms with Crippen molar-refractivity contribution in [2.24, 2.45) is 5.73 Å². The predicted molar refractivity (Wildman–Crippen MR) is 119 cm³/mol. The Kier molecular flexibility index (Phi) is 10.8. The molecule has 0 saturated heterocycles. The third-order valence-electron chi connectivity index (χ3n) is 4.25. The van der Waals surface area contributed by atoms with Crippen molar-refractivity contribution < 1.29 is 14.3 Å². The van der Waals surface area contributed by atoms with Gasteiger partial charge in [-0.1, -0.05) is 36.4 Å². The van der Waals surface area contributed by atoms with Gasteiger partial charge < -0.3 is 20.5 Å². The largest absolute Gasteiger partial charge is 0.493 e. The summed E-state index contributed by atoms with van der Waals surface area (Å²) in [5.74, 6) is 2.03. The minimum absolute atomic E-state index is 0. The van der Waals surface area contributed by atoms with Crippen molar-refractivity contribution in [1.29, 1.82) is 0 Å². The number of methoxy groups -OCH3 is 1. The molecule has 2 rings (SSSR count). The van der Waals surface area contributed by atoms with Gasteiger partial charge in [0, 0.05) is 0 Å². The maximum Gasteiger partial charge on any atom is 0.237 e. The van der Waals surface area contributed by atoms with Gasteiger partial charge in [-0.2, -0.15) is 11.8 Å². The molecule has 7 heteroatoms. The van der Waals surface area contributed by atoms with Crippen LogP contribution in [0.4, 0.5) is 0 Å². The Morgan fingerprint density at radius 1 is 1.18 bits per heavy atom. The number of rotatable bonds is 10. The fourth-order valence-corrected chi connectivity index (χ4v) is 3.08. The van der Waals surface area contributed by atoms with E-state index in [-0.39, 0.29) is 24.4 Å². The number of nitrogens with two attached hydrogens (primary N) is 1. The van der Waals surface area contributed by atoms with E-state index >= 15 is 0 Å². The number of amides is 1. The van der Waals surface area contributed by atoms with Crippen LogP contribution < -0.4 is 20.5 Å². The highest BCUT2D eigenvalue weighted by atomic mass is 35.5. The summed E-state index contributed by atoms with van der Waals surface area (Å²) in [5.41, 5.74) is 7.96. The molecule has 2 atom stereocenters. The minimum Gasteiger partial charge on any atom is -0.493 e. The van der Waals surface area contributed by atoms with Crippen molar-refractivity contribution in [2.75, 3.05) is 19.1 Å². The van der Waals surface area contributed by atoms with Gasteiger partial charge in [-0.05, 0) is 48.6 Å². The molecule has 0 fully saturated rings. The van der Waals surface area contributed by atoms with E-state index in [4.69, 9.17) is 15.2 Å². The van der Waals surface area contributed by atoms with Gasteiger partial charge in [0.05, 0.1) is 19.2 Å². The average Bonchev–Trinajstić information content (AvgIpc) is 2.70. The summed E-state index contributed by atoms with van der Waals surface area (Å²) in [7, 11) is 1.61. The van der Waals surface area contributed by atoms with Gasteiger partial charge in [0.1, 0.15) is 6.61 Å². The van der Waals surface area contributed by atoms with Crippen LogP contribution in [0.5, 0.6) is 11.5 Å². The molecule has 0 radical (unpaired) electrons. The number of benzene rings is 2. The standard InChI is InChI=1S/C21H28N2O3S.ClH/c1-15(23-21(24)18(22)11-12-27-3)17-9-10-19(20(13-17)25-2)26-14-16-7-5-4-6-8-16;/h4-10,13,15,18H,11-12,14,22H2,1-3H3,(H,23,24);1H/t15?,18-;/m0./s1. The molecule has 0 aromatic heterocycles. The molecule has 0 saturated carbocycles. The second-order valence-electron chi connectivity index (χ2n) is 6.30. The first-order valence-electron chi connectivity index (χ1n) is 8.94. The Morgan fingerprint density at radius 3 is 2.54 bits per heavy atom. The molecule has 1 unspecified atom stereocenters. The molecule has 1 amide bonds. The first-order chi connectivity index (χ1) is 13.0. The molecule has 5 nitrogen and oxygen atoms in total. The lowest BCUT2D eigenvalue weighted by Gasteiger charge is -2.19. The zero-order valence-corrected chi connectivity index (χ0v) is 18.1. The Labute approximate surface area is 177 Å². The summed E-state index contributed by atoms with van der Waals surface area (Å²) >= 11 is 1.68. The quantitative estimate of drug-likeness (QED) is 0.604. The van der Waals surface area contributed by atoms with Gasteiger partial charge in [-0.15, -0.1) is 12.4 Å². The zero-order chi connectivity index (χ0) is 19.6. The molecule has 2 aromatic carbocycles. The number of carbonyl (C=O) groups is 1. The van der Waals surface area contributed by atoms with Gasteiger partial charge in [0.15, 0.2) is 11.5 Å². The van der Waals surface area contributed by atoms with E-state index in [9.17, 15) is 4.79 Å². The number of hydrogen-bond acceptors (Lipinski definition) is 5. The monoisotopic (exact) mass is 424 g/mol. The van der Waals surface area contributed by atoms with Crippen LogP contribution in [-0.4, -0.2) is 31.1 Å². The highest BCUT2D eigenvalue weighted by Crippen LogP contribution is 2.31. The lowest BCUT2D eigenvalue weighted by atomic mass is 10.1. The van der Waals surface area contributed by atoms with E-state index in [0.717, 1.165) is 16.9 Å². The van der Waals surface area contributed by atoms with Crippen LogP contribution in [0.2, 0.25) is 0 Å². The van der Waals surface area contributed by atoms with Crippen LogP contribution in [0, 0.1) is 0 Å². The van der Waals surface area contributed by atoms with Crippen LogP contribution >= 0.6 is 24.2 Å². The smallest absolute Gasteiger partial charge is 0.237 e. The van der Waals surface area contributed by atoms with E-state index in [1.807, 2.05) is 61.7 Å². The maximum atomic E-state index is 12.2. The molecular formula is C21H29ClN2O3S. The van der Waals surface area contributed by atoms with E-state index in [1.54, 1.807) is 18.9 Å². The summed E-state index contributed by atoms with van der Waals surface area (Å²) < 4.78 is 11.3. The van der Waals surface area contributed by atoms with E-state index in [2.05, 4.69) is 5.32 Å². The number of hydrogen-bond donors (Lipinski definition) is 2. The lowest BCUT2D eigenvalue weighted by molar-refractivity contribution is -0.123. The summed E-state index contributed by atoms with van der Waals surface area (Å²) in [4.78, 5) is 12.2. The predicted octanol–water partition coefficient (Wildman–Crippen LogP) is 3.95. The van der Waals surface area contributed by atoms with Crippen LogP contribution in [0.3, 0.4) is 0 Å². The van der Waals surface area contributed by atoms with Crippen LogP contribution in [0.1, 0.15) is 30.5 Å². The molecule has 0 aliphatic carbocycles. The van der Waals surface area contributed by atoms with E-state index in [1.165, 1.54) is 0 Å². The van der Waals surface area contributed by atoms with E-state index < -0.39 is 6.04 Å². The molecule has 0 spiro atoms. The third-order valence-corrected chi connectivity index (χ3v) is 4.90. The highest BCUT2D eigenvalue weighted by Gasteiger charge is 2.17. The van der Waals surface area contributed by atoms with Crippen LogP contribution in [-0.2, 0) is 11.4 Å². The summed E-state index contributed by atoms with van der Waals surface area (Å²) in [6, 6.07) is 15.0. The van der Waals surface area contributed by atoms with Crippen molar-refractivity contribution >= 4 is 30.1 Å². The first kappa shape index (κ1) is 24.1. The second-order valence-corrected chi connectivity index (χ2v) is 7.29. The average molecular weight is 425 g/mol. The Hall–Kier alpha value is -1.89. The number of ether oxygens (including phenoxy) is 2. The summed E-state index contributed by atoms with van der Waals surface area (Å²) in [5, 5.41) is 2.96. The van der Waals surface area contributed by atoms with Gasteiger partial charge in [0.25, 0.3) is 0 Å². The third kappa shape index (κ3) is 7.26. The summed E-state index contributed by atoms with van der Waals surface area (Å²) in [6.45, 7) is 2.39. The molecule has 0 heterocycles. The van der Waals surface area contributed by atoms with Crippen LogP contribution in [0.25, 0.3) is 0 Å². The van der Waals surface area contributed by atoms with Crippen molar-refractivity contribution in [3.05, 3.63) is 59.7 Å². The SMILES string of the molecule is COc1cc(C(C)NC(=O)[C@@H](N)CCSC)ccc1OCc1ccccc1.Cl. The second kappa shape index (κ2) is 12.5. The molecular weight excluding hydrogens is 396 g/mol. The van der Waals surface area contributed by atoms with Gasteiger partial charge in [-0.3, -0.25) is 4.79 Å². The molecule has 0 bridgehead atoms. The van der Waals surface area contributed by atoms with Crippen molar-refractivity contribution in [1.82, 2.24) is 5.32 Å². The fourth-order valence-electron chi connectivity index (χ4n) is 2.59. The number of carbonyl (C=O) groups excluding carboxylic acids is 1. The number of halogens is 1. The maximum absolute atomic E-state index is 12.2. The van der Waals surface area contributed by atoms with Crippen molar-refractivity contribution in [2.45, 2.75) is 32.0 Å². The zero-order valence-electron chi connectivity index (χ0n) is 16.5. The highest BCUT2D eigenvalue weighted by molar-refractivity contribution is 7.98. The Bertz CT molecular complexity index is 731. The molecule has 2 aromatic rings. The van der Waals surface area contributed by atoms with Crippen molar-refractivity contribution in [3.63, 3.8) is 0 Å². The molecule has 154 valence electrons. The molecule has 0 aliphatic heterocycles. The van der Waals surface area contributed by atoms with Crippen LogP contribution in [0.15, 0.2) is 48.5 Å². The van der Waals surface area contributed by atoms with Crippen molar-refractivity contribution in [3.8, 4) is 11.5 Å². The molecule has 0 aliphatic rings. The van der Waals surface area contributed by atoms with Gasteiger partial charge >= 0.3 is 0 Å². The topological polar surface area (TPSA) is 73.6 Å². The number of thioether (sulfide) groups is 1. The minimum atomic E-state index is -0.490. The van der Waals surface area contributed by atoms with Gasteiger partial charge in [0.2, 0.25) is 5.91 Å². The van der Waals surface area contributed by atoms with Gasteiger partial charge in [-0.25, -0.2) is 0 Å². The first-order valence-corrected chi connectivity index (χ1v) is 10.3.